The summed E-state index contributed by atoms with van der Waals surface area (Å²) >= 11 is 6.59. The number of aromatic nitrogens is 1. The van der Waals surface area contributed by atoms with Gasteiger partial charge < -0.3 is 5.11 Å². The van der Waals surface area contributed by atoms with Gasteiger partial charge in [-0.2, -0.15) is 0 Å². The van der Waals surface area contributed by atoms with E-state index in [0.29, 0.717) is 5.92 Å². The lowest BCUT2D eigenvalue weighted by molar-refractivity contribution is 0.180. The molecule has 0 spiro atoms. The highest BCUT2D eigenvalue weighted by molar-refractivity contribution is 7.91. The first kappa shape index (κ1) is 14.2. The first-order chi connectivity index (χ1) is 8.51. The van der Waals surface area contributed by atoms with E-state index in [4.69, 9.17) is 16.7 Å². The molecule has 8 heteroatoms. The monoisotopic (exact) mass is 310 g/mol. The third-order valence-corrected chi connectivity index (χ3v) is 6.24. The van der Waals surface area contributed by atoms with Crippen molar-refractivity contribution in [2.24, 2.45) is 5.92 Å². The molecule has 1 aromatic rings. The summed E-state index contributed by atoms with van der Waals surface area (Å²) in [6.07, 6.45) is 4.50. The molecule has 1 fully saturated rings. The number of rotatable bonds is 4. The fraction of sp³-hybridized carbons (Fsp3) is 0.700. The maximum Gasteiger partial charge on any atom is 0.251 e. The molecule has 0 saturated heterocycles. The van der Waals surface area contributed by atoms with Crippen LogP contribution in [-0.2, 0) is 10.0 Å². The number of nitrogens with one attached hydrogen (secondary N) is 1. The minimum atomic E-state index is -3.50. The van der Waals surface area contributed by atoms with Gasteiger partial charge in [-0.05, 0) is 31.6 Å². The molecule has 0 atom stereocenters. The predicted octanol–water partition coefficient (Wildman–Crippen LogP) is 1.63. The number of halogens is 1. The van der Waals surface area contributed by atoms with Crippen molar-refractivity contribution in [3.05, 3.63) is 10.7 Å². The van der Waals surface area contributed by atoms with Gasteiger partial charge in [0.15, 0.2) is 8.68 Å². The second-order valence-electron chi connectivity index (χ2n) is 4.45. The average molecular weight is 311 g/mol. The van der Waals surface area contributed by atoms with E-state index in [1.54, 1.807) is 0 Å². The molecule has 5 nitrogen and oxygen atoms in total. The van der Waals surface area contributed by atoms with Crippen molar-refractivity contribution >= 4 is 33.0 Å². The number of hydrogen-bond donors (Lipinski definition) is 2. The van der Waals surface area contributed by atoms with Gasteiger partial charge in [0.05, 0.1) is 6.20 Å². The highest BCUT2D eigenvalue weighted by atomic mass is 35.5. The van der Waals surface area contributed by atoms with Crippen molar-refractivity contribution < 1.29 is 13.5 Å². The maximum absolute atomic E-state index is 12.0. The third-order valence-electron chi connectivity index (χ3n) is 3.15. The van der Waals surface area contributed by atoms with Crippen LogP contribution in [0.5, 0.6) is 0 Å². The molecule has 1 aliphatic carbocycles. The van der Waals surface area contributed by atoms with E-state index in [1.165, 1.54) is 6.20 Å². The lowest BCUT2D eigenvalue weighted by atomic mass is 9.87. The topological polar surface area (TPSA) is 79.3 Å². The summed E-state index contributed by atoms with van der Waals surface area (Å²) in [5.74, 6) is 0.309. The molecule has 1 aromatic heterocycles. The summed E-state index contributed by atoms with van der Waals surface area (Å²) in [4.78, 5) is 3.73. The Morgan fingerprint density at radius 2 is 2.11 bits per heavy atom. The molecular weight excluding hydrogens is 296 g/mol. The maximum atomic E-state index is 12.0. The van der Waals surface area contributed by atoms with Gasteiger partial charge in [0, 0.05) is 12.6 Å². The Hall–Kier alpha value is -0.210. The van der Waals surface area contributed by atoms with Gasteiger partial charge in [-0.3, -0.25) is 0 Å². The number of aliphatic hydroxyl groups excluding tert-OH is 1. The third kappa shape index (κ3) is 3.42. The molecule has 2 N–H and O–H groups in total. The van der Waals surface area contributed by atoms with Crippen molar-refractivity contribution in [1.82, 2.24) is 9.71 Å². The zero-order valence-corrected chi connectivity index (χ0v) is 12.1. The van der Waals surface area contributed by atoms with Crippen LogP contribution in [0.4, 0.5) is 0 Å². The zero-order valence-electron chi connectivity index (χ0n) is 9.67. The number of sulfonamides is 1. The Morgan fingerprint density at radius 3 is 2.61 bits per heavy atom. The van der Waals surface area contributed by atoms with Crippen molar-refractivity contribution in [1.29, 1.82) is 0 Å². The zero-order chi connectivity index (χ0) is 13.2. The van der Waals surface area contributed by atoms with Gasteiger partial charge in [0.1, 0.15) is 0 Å². The summed E-state index contributed by atoms with van der Waals surface area (Å²) < 4.78 is 27.1. The summed E-state index contributed by atoms with van der Waals surface area (Å²) in [7, 11) is -3.50. The summed E-state index contributed by atoms with van der Waals surface area (Å²) in [5.41, 5.74) is 0. The van der Waals surface area contributed by atoms with Crippen molar-refractivity contribution in [2.75, 3.05) is 6.61 Å². The number of aliphatic hydroxyl groups is 1. The molecule has 1 heterocycles. The normalized spacial score (nSPS) is 25.2. The van der Waals surface area contributed by atoms with Gasteiger partial charge in [-0.15, -0.1) is 0 Å². The smallest absolute Gasteiger partial charge is 0.251 e. The Kier molecular flexibility index (Phi) is 4.60. The van der Waals surface area contributed by atoms with Crippen LogP contribution in [0.15, 0.2) is 10.4 Å². The number of hydrogen-bond acceptors (Lipinski definition) is 5. The molecular formula is C10H15ClN2O3S2. The highest BCUT2D eigenvalue weighted by Gasteiger charge is 2.26. The van der Waals surface area contributed by atoms with E-state index in [2.05, 4.69) is 9.71 Å². The van der Waals surface area contributed by atoms with Crippen molar-refractivity contribution in [3.63, 3.8) is 0 Å². The van der Waals surface area contributed by atoms with Crippen LogP contribution in [0.25, 0.3) is 0 Å². The molecule has 0 radical (unpaired) electrons. The molecule has 2 rings (SSSR count). The molecule has 0 aromatic carbocycles. The Balaban J connectivity index is 1.97. The average Bonchev–Trinajstić information content (AvgIpc) is 2.77. The van der Waals surface area contributed by atoms with Crippen LogP contribution in [-0.4, -0.2) is 31.2 Å². The van der Waals surface area contributed by atoms with E-state index in [0.717, 1.165) is 37.0 Å². The Labute approximate surface area is 115 Å². The summed E-state index contributed by atoms with van der Waals surface area (Å²) in [6.45, 7) is 0.184. The molecule has 18 heavy (non-hydrogen) atoms. The van der Waals surface area contributed by atoms with E-state index < -0.39 is 10.0 Å². The SMILES string of the molecule is O=S(=O)(NC1CCC(CO)CC1)c1cnc(Cl)s1. The van der Waals surface area contributed by atoms with E-state index >= 15 is 0 Å². The molecule has 1 aliphatic rings. The Morgan fingerprint density at radius 1 is 1.44 bits per heavy atom. The van der Waals surface area contributed by atoms with Crippen LogP contribution < -0.4 is 4.72 Å². The Bertz CT molecular complexity index is 495. The van der Waals surface area contributed by atoms with Crippen LogP contribution in [0.3, 0.4) is 0 Å². The van der Waals surface area contributed by atoms with Crippen LogP contribution in [0, 0.1) is 5.92 Å². The minimum absolute atomic E-state index is 0.0568. The van der Waals surface area contributed by atoms with Crippen LogP contribution in [0.2, 0.25) is 4.47 Å². The predicted molar refractivity (Wildman–Crippen MR) is 70.3 cm³/mol. The lowest BCUT2D eigenvalue weighted by Crippen LogP contribution is -2.37. The fourth-order valence-corrected chi connectivity index (χ4v) is 4.72. The van der Waals surface area contributed by atoms with Gasteiger partial charge in [0.2, 0.25) is 0 Å². The second kappa shape index (κ2) is 5.83. The largest absolute Gasteiger partial charge is 0.396 e. The molecule has 1 saturated carbocycles. The summed E-state index contributed by atoms with van der Waals surface area (Å²) in [5, 5.41) is 9.03. The lowest BCUT2D eigenvalue weighted by Gasteiger charge is -2.27. The first-order valence-corrected chi connectivity index (χ1v) is 8.43. The van der Waals surface area contributed by atoms with Gasteiger partial charge in [-0.25, -0.2) is 18.1 Å². The van der Waals surface area contributed by atoms with Gasteiger partial charge in [0.25, 0.3) is 10.0 Å². The fourth-order valence-electron chi connectivity index (χ4n) is 2.10. The van der Waals surface area contributed by atoms with Gasteiger partial charge >= 0.3 is 0 Å². The van der Waals surface area contributed by atoms with E-state index in [-0.39, 0.29) is 21.3 Å². The number of thiazole rings is 1. The van der Waals surface area contributed by atoms with Crippen LogP contribution in [0.1, 0.15) is 25.7 Å². The molecule has 102 valence electrons. The quantitative estimate of drug-likeness (QED) is 0.886. The summed E-state index contributed by atoms with van der Waals surface area (Å²) in [6, 6.07) is -0.0568. The molecule has 0 amide bonds. The molecule has 0 unspecified atom stereocenters. The standard InChI is InChI=1S/C10H15ClN2O3S2/c11-10-12-5-9(17-10)18(15,16)13-8-3-1-7(6-14)2-4-8/h5,7-8,13-14H,1-4,6H2. The number of nitrogens with zero attached hydrogens (tertiary/aromatic N) is 1. The first-order valence-electron chi connectivity index (χ1n) is 5.76. The molecule has 0 aliphatic heterocycles. The van der Waals surface area contributed by atoms with Gasteiger partial charge in [-0.1, -0.05) is 22.9 Å². The van der Waals surface area contributed by atoms with E-state index in [1.807, 2.05) is 0 Å². The minimum Gasteiger partial charge on any atom is -0.396 e. The second-order valence-corrected chi connectivity index (χ2v) is 8.01. The van der Waals surface area contributed by atoms with E-state index in [9.17, 15) is 8.42 Å². The molecule has 0 bridgehead atoms. The highest BCUT2D eigenvalue weighted by Crippen LogP contribution is 2.27. The van der Waals surface area contributed by atoms with Crippen LogP contribution >= 0.6 is 22.9 Å². The van der Waals surface area contributed by atoms with Crippen molar-refractivity contribution in [2.45, 2.75) is 35.9 Å². The van der Waals surface area contributed by atoms with Crippen molar-refractivity contribution in [3.8, 4) is 0 Å².